The Hall–Kier alpha value is -0.980. The molecule has 1 aliphatic rings. The van der Waals surface area contributed by atoms with Crippen LogP contribution < -0.4 is 10.2 Å². The average molecular weight is 339 g/mol. The zero-order valence-corrected chi connectivity index (χ0v) is 15.7. The highest BCUT2D eigenvalue weighted by Gasteiger charge is 2.24. The average Bonchev–Trinajstić information content (AvgIpc) is 3.15. The molecule has 0 radical (unpaired) electrons. The number of likely N-dealkylation sites (tertiary alicyclic amines) is 1. The monoisotopic (exact) mass is 338 g/mol. The number of aromatic nitrogens is 1. The number of carbonyl (C=O) groups excluding carboxylic acids is 1. The summed E-state index contributed by atoms with van der Waals surface area (Å²) in [7, 11) is 0. The van der Waals surface area contributed by atoms with E-state index in [1.807, 2.05) is 12.3 Å². The summed E-state index contributed by atoms with van der Waals surface area (Å²) < 4.78 is 0. The van der Waals surface area contributed by atoms with E-state index in [1.54, 1.807) is 23.2 Å². The summed E-state index contributed by atoms with van der Waals surface area (Å²) in [5.41, 5.74) is 1.02. The summed E-state index contributed by atoms with van der Waals surface area (Å²) in [5.74, 6) is 0.704. The van der Waals surface area contributed by atoms with Crippen LogP contribution in [0.15, 0.2) is 5.38 Å². The molecule has 2 rings (SSSR count). The summed E-state index contributed by atoms with van der Waals surface area (Å²) in [5, 5.41) is 6.41. The molecule has 0 aromatic carbocycles. The summed E-state index contributed by atoms with van der Waals surface area (Å²) in [4.78, 5) is 20.5. The van der Waals surface area contributed by atoms with Crippen molar-refractivity contribution in [2.24, 2.45) is 5.92 Å². The van der Waals surface area contributed by atoms with Crippen LogP contribution in [0.1, 0.15) is 46.2 Å². The summed E-state index contributed by atoms with van der Waals surface area (Å²) in [6.45, 7) is 13.1. The lowest BCUT2D eigenvalue weighted by Gasteiger charge is -2.31. The van der Waals surface area contributed by atoms with Gasteiger partial charge in [0.05, 0.1) is 5.69 Å². The standard InChI is InChI=1S/C17H30N4OS/c1-5-21(14(4)22)17-19-15(12-23-17)10-18-11-16(13(2)3)20-8-6-7-9-20/h12-13,16,18H,5-11H2,1-4H3. The van der Waals surface area contributed by atoms with E-state index in [0.29, 0.717) is 18.5 Å². The van der Waals surface area contributed by atoms with Gasteiger partial charge in [-0.15, -0.1) is 11.3 Å². The van der Waals surface area contributed by atoms with Crippen LogP contribution in [0.3, 0.4) is 0 Å². The van der Waals surface area contributed by atoms with Gasteiger partial charge in [0.2, 0.25) is 5.91 Å². The molecule has 130 valence electrons. The SMILES string of the molecule is CCN(C(C)=O)c1nc(CNCC(C(C)C)N2CCCC2)cs1. The third-order valence-electron chi connectivity index (χ3n) is 4.51. The predicted octanol–water partition coefficient (Wildman–Crippen LogP) is 2.73. The molecular formula is C17H30N4OS. The number of thiazole rings is 1. The lowest BCUT2D eigenvalue weighted by molar-refractivity contribution is -0.116. The Morgan fingerprint density at radius 1 is 1.43 bits per heavy atom. The largest absolute Gasteiger partial charge is 0.310 e. The Balaban J connectivity index is 1.85. The van der Waals surface area contributed by atoms with Gasteiger partial charge in [0.25, 0.3) is 0 Å². The minimum absolute atomic E-state index is 0.0512. The van der Waals surface area contributed by atoms with E-state index < -0.39 is 0 Å². The van der Waals surface area contributed by atoms with Crippen molar-refractivity contribution < 1.29 is 4.79 Å². The fraction of sp³-hybridized carbons (Fsp3) is 0.765. The molecule has 23 heavy (non-hydrogen) atoms. The Labute approximate surface area is 144 Å². The van der Waals surface area contributed by atoms with Crippen molar-refractivity contribution in [3.05, 3.63) is 11.1 Å². The van der Waals surface area contributed by atoms with E-state index >= 15 is 0 Å². The van der Waals surface area contributed by atoms with E-state index in [9.17, 15) is 4.79 Å². The highest BCUT2D eigenvalue weighted by Crippen LogP contribution is 2.21. The second-order valence-corrected chi connectivity index (χ2v) is 7.41. The van der Waals surface area contributed by atoms with Gasteiger partial charge in [-0.05, 0) is 38.8 Å². The number of nitrogens with zero attached hydrogens (tertiary/aromatic N) is 3. The van der Waals surface area contributed by atoms with Crippen LogP contribution in [0.5, 0.6) is 0 Å². The lowest BCUT2D eigenvalue weighted by Crippen LogP contribution is -2.44. The molecule has 1 N–H and O–H groups in total. The predicted molar refractivity (Wildman–Crippen MR) is 97.0 cm³/mol. The maximum atomic E-state index is 11.6. The number of anilines is 1. The summed E-state index contributed by atoms with van der Waals surface area (Å²) >= 11 is 1.54. The number of hydrogen-bond acceptors (Lipinski definition) is 5. The van der Waals surface area contributed by atoms with Crippen molar-refractivity contribution in [1.29, 1.82) is 0 Å². The second-order valence-electron chi connectivity index (χ2n) is 6.57. The van der Waals surface area contributed by atoms with Gasteiger partial charge in [0.15, 0.2) is 5.13 Å². The molecular weight excluding hydrogens is 308 g/mol. The minimum atomic E-state index is 0.0512. The van der Waals surface area contributed by atoms with Gasteiger partial charge in [-0.3, -0.25) is 14.6 Å². The number of carbonyl (C=O) groups is 1. The molecule has 0 bridgehead atoms. The van der Waals surface area contributed by atoms with Gasteiger partial charge in [-0.25, -0.2) is 4.98 Å². The van der Waals surface area contributed by atoms with Crippen LogP contribution in [0.2, 0.25) is 0 Å². The van der Waals surface area contributed by atoms with Gasteiger partial charge in [-0.1, -0.05) is 13.8 Å². The molecule has 0 aliphatic carbocycles. The van der Waals surface area contributed by atoms with Crippen molar-refractivity contribution in [3.63, 3.8) is 0 Å². The van der Waals surface area contributed by atoms with Crippen LogP contribution in [0, 0.1) is 5.92 Å². The fourth-order valence-electron chi connectivity index (χ4n) is 3.20. The molecule has 1 unspecified atom stereocenters. The second kappa shape index (κ2) is 8.76. The molecule has 1 aromatic rings. The smallest absolute Gasteiger partial charge is 0.225 e. The zero-order valence-electron chi connectivity index (χ0n) is 14.8. The van der Waals surface area contributed by atoms with Crippen molar-refractivity contribution >= 4 is 22.4 Å². The van der Waals surface area contributed by atoms with Crippen molar-refractivity contribution in [2.45, 2.75) is 53.1 Å². The molecule has 5 nitrogen and oxygen atoms in total. The Morgan fingerprint density at radius 2 is 2.13 bits per heavy atom. The summed E-state index contributed by atoms with van der Waals surface area (Å²) in [6, 6.07) is 0.597. The van der Waals surface area contributed by atoms with Crippen molar-refractivity contribution in [3.8, 4) is 0 Å². The maximum absolute atomic E-state index is 11.6. The first kappa shape index (κ1) is 18.4. The first-order valence-electron chi connectivity index (χ1n) is 8.70. The quantitative estimate of drug-likeness (QED) is 0.792. The number of hydrogen-bond donors (Lipinski definition) is 1. The van der Waals surface area contributed by atoms with Crippen molar-refractivity contribution in [2.75, 3.05) is 31.1 Å². The molecule has 0 saturated carbocycles. The molecule has 6 heteroatoms. The van der Waals surface area contributed by atoms with Gasteiger partial charge in [0.1, 0.15) is 0 Å². The van der Waals surface area contributed by atoms with Gasteiger partial charge < -0.3 is 5.32 Å². The van der Waals surface area contributed by atoms with Gasteiger partial charge in [0, 0.05) is 38.0 Å². The first-order chi connectivity index (χ1) is 11.0. The normalized spacial score (nSPS) is 16.9. The molecule has 1 aromatic heterocycles. The number of amides is 1. The summed E-state index contributed by atoms with van der Waals surface area (Å²) in [6.07, 6.45) is 2.66. The van der Waals surface area contributed by atoms with Crippen molar-refractivity contribution in [1.82, 2.24) is 15.2 Å². The first-order valence-corrected chi connectivity index (χ1v) is 9.58. The Kier molecular flexibility index (Phi) is 6.99. The maximum Gasteiger partial charge on any atom is 0.225 e. The van der Waals surface area contributed by atoms with Crippen LogP contribution in [0.25, 0.3) is 0 Å². The Bertz CT molecular complexity index is 497. The fourth-order valence-corrected chi connectivity index (χ4v) is 4.13. The van der Waals surface area contributed by atoms with E-state index in [4.69, 9.17) is 0 Å². The van der Waals surface area contributed by atoms with E-state index in [-0.39, 0.29) is 5.91 Å². The van der Waals surface area contributed by atoms with Crippen LogP contribution in [-0.4, -0.2) is 48.0 Å². The molecule has 1 atom stereocenters. The molecule has 1 aliphatic heterocycles. The lowest BCUT2D eigenvalue weighted by atomic mass is 10.0. The topological polar surface area (TPSA) is 48.5 Å². The number of rotatable bonds is 8. The van der Waals surface area contributed by atoms with E-state index in [0.717, 1.165) is 23.9 Å². The van der Waals surface area contributed by atoms with E-state index in [1.165, 1.54) is 25.9 Å². The van der Waals surface area contributed by atoms with Gasteiger partial charge >= 0.3 is 0 Å². The minimum Gasteiger partial charge on any atom is -0.310 e. The number of nitrogens with one attached hydrogen (secondary N) is 1. The van der Waals surface area contributed by atoms with Gasteiger partial charge in [-0.2, -0.15) is 0 Å². The van der Waals surface area contributed by atoms with Crippen LogP contribution in [0.4, 0.5) is 5.13 Å². The third-order valence-corrected chi connectivity index (χ3v) is 5.42. The van der Waals surface area contributed by atoms with Crippen LogP contribution in [-0.2, 0) is 11.3 Å². The zero-order chi connectivity index (χ0) is 16.8. The van der Waals surface area contributed by atoms with E-state index in [2.05, 4.69) is 29.0 Å². The third kappa shape index (κ3) is 4.99. The molecule has 2 heterocycles. The Morgan fingerprint density at radius 3 is 2.70 bits per heavy atom. The van der Waals surface area contributed by atoms with Crippen LogP contribution >= 0.6 is 11.3 Å². The molecule has 1 amide bonds. The highest BCUT2D eigenvalue weighted by molar-refractivity contribution is 7.14. The molecule has 1 fully saturated rings. The molecule has 0 spiro atoms. The highest BCUT2D eigenvalue weighted by atomic mass is 32.1. The molecule has 1 saturated heterocycles.